The number of hydrogen-bond donors (Lipinski definition) is 2. The van der Waals surface area contributed by atoms with Crippen LogP contribution >= 0.6 is 0 Å². The fourth-order valence-corrected chi connectivity index (χ4v) is 1.51. The predicted molar refractivity (Wildman–Crippen MR) is 74.0 cm³/mol. The van der Waals surface area contributed by atoms with Crippen LogP contribution in [0.2, 0.25) is 0 Å². The molecule has 0 spiro atoms. The van der Waals surface area contributed by atoms with Crippen molar-refractivity contribution in [3.05, 3.63) is 42.1 Å². The molecule has 0 aliphatic heterocycles. The Kier molecular flexibility index (Phi) is 3.74. The van der Waals surface area contributed by atoms with Crippen molar-refractivity contribution in [1.29, 1.82) is 0 Å². The molecular formula is C13H17N5. The van der Waals surface area contributed by atoms with Crippen LogP contribution in [0.3, 0.4) is 0 Å². The molecule has 0 aliphatic rings. The van der Waals surface area contributed by atoms with Crippen LogP contribution in [0.25, 0.3) is 0 Å². The normalized spacial score (nSPS) is 10.2. The second kappa shape index (κ2) is 5.46. The predicted octanol–water partition coefficient (Wildman–Crippen LogP) is 1.74. The number of hydrogen-bond acceptors (Lipinski definition) is 5. The first-order valence-corrected chi connectivity index (χ1v) is 5.75. The summed E-state index contributed by atoms with van der Waals surface area (Å²) in [6.07, 6.45) is 1.74. The average molecular weight is 243 g/mol. The Morgan fingerprint density at radius 2 is 1.89 bits per heavy atom. The first-order chi connectivity index (χ1) is 8.69. The molecule has 0 aliphatic carbocycles. The largest absolute Gasteiger partial charge is 0.347 e. The minimum atomic E-state index is 0.554. The zero-order chi connectivity index (χ0) is 13.0. The minimum absolute atomic E-state index is 0.554. The molecule has 0 atom stereocenters. The number of nitrogens with zero attached hydrogens (tertiary/aromatic N) is 3. The molecule has 2 aromatic rings. The molecule has 5 heteroatoms. The lowest BCUT2D eigenvalue weighted by molar-refractivity contribution is 1.00. The lowest BCUT2D eigenvalue weighted by Crippen LogP contribution is -2.13. The molecule has 5 nitrogen and oxygen atoms in total. The van der Waals surface area contributed by atoms with Gasteiger partial charge in [-0.05, 0) is 23.8 Å². The van der Waals surface area contributed by atoms with Crippen molar-refractivity contribution in [3.8, 4) is 0 Å². The monoisotopic (exact) mass is 243 g/mol. The standard InChI is InChI=1S/C13H17N5/c1-18(2)13-15-8-7-12(17-13)16-11-5-3-10(9-14)4-6-11/h3-8H,9,14H2,1-2H3,(H,15,16,17). The van der Waals surface area contributed by atoms with Gasteiger partial charge in [0, 0.05) is 32.5 Å². The van der Waals surface area contributed by atoms with Crippen molar-refractivity contribution in [2.24, 2.45) is 5.73 Å². The average Bonchev–Trinajstić information content (AvgIpc) is 2.40. The first kappa shape index (κ1) is 12.3. The van der Waals surface area contributed by atoms with Crippen LogP contribution < -0.4 is 16.0 Å². The van der Waals surface area contributed by atoms with Crippen molar-refractivity contribution in [3.63, 3.8) is 0 Å². The summed E-state index contributed by atoms with van der Waals surface area (Å²) in [5, 5.41) is 3.23. The molecule has 1 aromatic carbocycles. The molecule has 0 unspecified atom stereocenters. The van der Waals surface area contributed by atoms with Gasteiger partial charge in [-0.3, -0.25) is 0 Å². The van der Waals surface area contributed by atoms with Crippen molar-refractivity contribution in [2.45, 2.75) is 6.54 Å². The summed E-state index contributed by atoms with van der Waals surface area (Å²) in [7, 11) is 3.82. The molecule has 2 rings (SSSR count). The molecule has 94 valence electrons. The van der Waals surface area contributed by atoms with E-state index in [4.69, 9.17) is 5.73 Å². The van der Waals surface area contributed by atoms with Crippen LogP contribution in [0.4, 0.5) is 17.5 Å². The number of nitrogens with two attached hydrogens (primary N) is 1. The quantitative estimate of drug-likeness (QED) is 0.856. The first-order valence-electron chi connectivity index (χ1n) is 5.75. The van der Waals surface area contributed by atoms with E-state index < -0.39 is 0 Å². The van der Waals surface area contributed by atoms with E-state index >= 15 is 0 Å². The van der Waals surface area contributed by atoms with Crippen molar-refractivity contribution in [1.82, 2.24) is 9.97 Å². The smallest absolute Gasteiger partial charge is 0.226 e. The molecule has 0 saturated heterocycles. The van der Waals surface area contributed by atoms with Crippen LogP contribution in [0.5, 0.6) is 0 Å². The third-order valence-electron chi connectivity index (χ3n) is 2.50. The maximum absolute atomic E-state index is 5.56. The Bertz CT molecular complexity index is 507. The summed E-state index contributed by atoms with van der Waals surface area (Å²) in [6, 6.07) is 9.80. The zero-order valence-electron chi connectivity index (χ0n) is 10.6. The van der Waals surface area contributed by atoms with Gasteiger partial charge in [0.25, 0.3) is 0 Å². The topological polar surface area (TPSA) is 67.1 Å². The van der Waals surface area contributed by atoms with Gasteiger partial charge >= 0.3 is 0 Å². The van der Waals surface area contributed by atoms with E-state index in [0.29, 0.717) is 12.5 Å². The second-order valence-corrected chi connectivity index (χ2v) is 4.16. The number of nitrogens with one attached hydrogen (secondary N) is 1. The Labute approximate surface area is 107 Å². The van der Waals surface area contributed by atoms with Gasteiger partial charge in [0.1, 0.15) is 5.82 Å². The van der Waals surface area contributed by atoms with Crippen molar-refractivity contribution in [2.75, 3.05) is 24.3 Å². The van der Waals surface area contributed by atoms with Crippen LogP contribution in [0, 0.1) is 0 Å². The molecule has 0 bridgehead atoms. The highest BCUT2D eigenvalue weighted by atomic mass is 15.2. The van der Waals surface area contributed by atoms with Crippen molar-refractivity contribution < 1.29 is 0 Å². The lowest BCUT2D eigenvalue weighted by atomic mass is 10.2. The van der Waals surface area contributed by atoms with E-state index in [1.165, 1.54) is 0 Å². The summed E-state index contributed by atoms with van der Waals surface area (Å²) in [4.78, 5) is 10.4. The van der Waals surface area contributed by atoms with E-state index in [9.17, 15) is 0 Å². The molecule has 3 N–H and O–H groups in total. The molecule has 0 amide bonds. The van der Waals surface area contributed by atoms with E-state index in [0.717, 1.165) is 17.1 Å². The van der Waals surface area contributed by atoms with Crippen molar-refractivity contribution >= 4 is 17.5 Å². The molecule has 18 heavy (non-hydrogen) atoms. The lowest BCUT2D eigenvalue weighted by Gasteiger charge is -2.11. The Balaban J connectivity index is 2.15. The van der Waals surface area contributed by atoms with Crippen LogP contribution in [0.15, 0.2) is 36.5 Å². The van der Waals surface area contributed by atoms with Gasteiger partial charge < -0.3 is 16.0 Å². The van der Waals surface area contributed by atoms with E-state index in [1.54, 1.807) is 6.20 Å². The number of aromatic nitrogens is 2. The van der Waals surface area contributed by atoms with Crippen LogP contribution in [0.1, 0.15) is 5.56 Å². The van der Waals surface area contributed by atoms with Gasteiger partial charge in [-0.2, -0.15) is 4.98 Å². The molecule has 1 heterocycles. The molecule has 1 aromatic heterocycles. The Morgan fingerprint density at radius 1 is 1.17 bits per heavy atom. The van der Waals surface area contributed by atoms with Gasteiger partial charge in [0.2, 0.25) is 5.95 Å². The number of anilines is 3. The van der Waals surface area contributed by atoms with Gasteiger partial charge in [0.05, 0.1) is 0 Å². The highest BCUT2D eigenvalue weighted by molar-refractivity contribution is 5.57. The van der Waals surface area contributed by atoms with Gasteiger partial charge in [-0.25, -0.2) is 4.98 Å². The summed E-state index contributed by atoms with van der Waals surface area (Å²) in [5.74, 6) is 1.45. The third-order valence-corrected chi connectivity index (χ3v) is 2.50. The van der Waals surface area contributed by atoms with E-state index in [-0.39, 0.29) is 0 Å². The SMILES string of the molecule is CN(C)c1nccc(Nc2ccc(CN)cc2)n1. The van der Waals surface area contributed by atoms with Crippen LogP contribution in [-0.2, 0) is 6.54 Å². The molecule has 0 radical (unpaired) electrons. The summed E-state index contributed by atoms with van der Waals surface area (Å²) >= 11 is 0. The molecule has 0 saturated carbocycles. The van der Waals surface area contributed by atoms with Crippen LogP contribution in [-0.4, -0.2) is 24.1 Å². The Morgan fingerprint density at radius 3 is 2.50 bits per heavy atom. The van der Waals surface area contributed by atoms with E-state index in [2.05, 4.69) is 15.3 Å². The van der Waals surface area contributed by atoms with Gasteiger partial charge in [0.15, 0.2) is 0 Å². The number of benzene rings is 1. The number of rotatable bonds is 4. The fourth-order valence-electron chi connectivity index (χ4n) is 1.51. The third kappa shape index (κ3) is 2.95. The highest BCUT2D eigenvalue weighted by Crippen LogP contribution is 2.16. The van der Waals surface area contributed by atoms with Gasteiger partial charge in [-0.15, -0.1) is 0 Å². The summed E-state index contributed by atoms with van der Waals surface area (Å²) in [6.45, 7) is 0.554. The Hall–Kier alpha value is -2.14. The summed E-state index contributed by atoms with van der Waals surface area (Å²) in [5.41, 5.74) is 7.65. The maximum Gasteiger partial charge on any atom is 0.226 e. The molecule has 0 fully saturated rings. The second-order valence-electron chi connectivity index (χ2n) is 4.16. The summed E-state index contributed by atoms with van der Waals surface area (Å²) < 4.78 is 0. The highest BCUT2D eigenvalue weighted by Gasteiger charge is 2.01. The maximum atomic E-state index is 5.56. The minimum Gasteiger partial charge on any atom is -0.347 e. The van der Waals surface area contributed by atoms with E-state index in [1.807, 2.05) is 49.3 Å². The zero-order valence-corrected chi connectivity index (χ0v) is 10.6. The van der Waals surface area contributed by atoms with Gasteiger partial charge in [-0.1, -0.05) is 12.1 Å². The molecular weight excluding hydrogens is 226 g/mol. The fraction of sp³-hybridized carbons (Fsp3) is 0.231.